The first-order chi connectivity index (χ1) is 14.4. The maximum Gasteiger partial charge on any atom is 0.280 e. The van der Waals surface area contributed by atoms with Gasteiger partial charge in [-0.25, -0.2) is 27.1 Å². The van der Waals surface area contributed by atoms with Crippen LogP contribution in [0.1, 0.15) is 59.8 Å². The molecule has 4 heterocycles. The predicted octanol–water partition coefficient (Wildman–Crippen LogP) is 3.89. The SMILES string of the molecule is O=C(c1cc(F)cc(F)c1)N1[C@H]2CC[C@H](c3cc(C(F)F)nc4ncnn34)[C@@H]1CC2. The number of piperidine rings is 1. The topological polar surface area (TPSA) is 63.4 Å². The number of rotatable bonds is 3. The summed E-state index contributed by atoms with van der Waals surface area (Å²) in [5, 5.41) is 4.12. The minimum atomic E-state index is -2.77. The number of carbonyl (C=O) groups is 1. The lowest BCUT2D eigenvalue weighted by Crippen LogP contribution is -2.47. The van der Waals surface area contributed by atoms with Crippen molar-refractivity contribution < 1.29 is 22.4 Å². The Morgan fingerprint density at radius 1 is 1.03 bits per heavy atom. The normalized spacial score (nSPS) is 23.5. The van der Waals surface area contributed by atoms with Crippen molar-refractivity contribution in [3.05, 3.63) is 59.2 Å². The van der Waals surface area contributed by atoms with Crippen molar-refractivity contribution >= 4 is 11.7 Å². The Labute approximate surface area is 168 Å². The molecule has 1 aromatic carbocycles. The Morgan fingerprint density at radius 3 is 2.50 bits per heavy atom. The van der Waals surface area contributed by atoms with Gasteiger partial charge in [-0.2, -0.15) is 10.1 Å². The number of amides is 1. The molecule has 2 saturated heterocycles. The van der Waals surface area contributed by atoms with E-state index in [2.05, 4.69) is 15.1 Å². The van der Waals surface area contributed by atoms with Gasteiger partial charge in [0, 0.05) is 29.6 Å². The number of hydrogen-bond acceptors (Lipinski definition) is 4. The molecule has 0 N–H and O–H groups in total. The highest BCUT2D eigenvalue weighted by Gasteiger charge is 2.46. The van der Waals surface area contributed by atoms with Gasteiger partial charge in [-0.15, -0.1) is 0 Å². The highest BCUT2D eigenvalue weighted by Crippen LogP contribution is 2.45. The molecule has 0 aliphatic carbocycles. The lowest BCUT2D eigenvalue weighted by molar-refractivity contribution is 0.0552. The molecular formula is C20H17F4N5O. The second kappa shape index (κ2) is 7.03. The first-order valence-electron chi connectivity index (χ1n) is 9.70. The molecule has 3 aromatic rings. The van der Waals surface area contributed by atoms with Gasteiger partial charge < -0.3 is 4.90 Å². The lowest BCUT2D eigenvalue weighted by Gasteiger charge is -2.40. The summed E-state index contributed by atoms with van der Waals surface area (Å²) in [6.45, 7) is 0. The summed E-state index contributed by atoms with van der Waals surface area (Å²) in [7, 11) is 0. The zero-order valence-corrected chi connectivity index (χ0v) is 15.7. The maximum absolute atomic E-state index is 13.7. The second-order valence-corrected chi connectivity index (χ2v) is 7.73. The number of aromatic nitrogens is 4. The van der Waals surface area contributed by atoms with Crippen molar-refractivity contribution in [2.75, 3.05) is 0 Å². The van der Waals surface area contributed by atoms with E-state index in [1.165, 1.54) is 16.9 Å². The minimum Gasteiger partial charge on any atom is -0.332 e. The van der Waals surface area contributed by atoms with E-state index in [1.807, 2.05) is 0 Å². The molecule has 156 valence electrons. The summed E-state index contributed by atoms with van der Waals surface area (Å²) in [5.74, 6) is -2.29. The molecule has 0 spiro atoms. The third-order valence-electron chi connectivity index (χ3n) is 6.07. The maximum atomic E-state index is 13.7. The van der Waals surface area contributed by atoms with E-state index < -0.39 is 29.7 Å². The van der Waals surface area contributed by atoms with Crippen LogP contribution in [0.2, 0.25) is 0 Å². The third kappa shape index (κ3) is 3.01. The minimum absolute atomic E-state index is 0.0484. The van der Waals surface area contributed by atoms with Crippen molar-refractivity contribution in [1.29, 1.82) is 0 Å². The summed E-state index contributed by atoms with van der Waals surface area (Å²) in [4.78, 5) is 22.6. The van der Waals surface area contributed by atoms with Crippen molar-refractivity contribution in [3.8, 4) is 0 Å². The fourth-order valence-electron chi connectivity index (χ4n) is 4.87. The van der Waals surface area contributed by atoms with E-state index in [0.29, 0.717) is 31.0 Å². The van der Waals surface area contributed by atoms with E-state index >= 15 is 0 Å². The first-order valence-corrected chi connectivity index (χ1v) is 9.70. The zero-order valence-electron chi connectivity index (χ0n) is 15.7. The van der Waals surface area contributed by atoms with E-state index in [4.69, 9.17) is 0 Å². The predicted molar refractivity (Wildman–Crippen MR) is 97.1 cm³/mol. The molecular weight excluding hydrogens is 402 g/mol. The van der Waals surface area contributed by atoms with Gasteiger partial charge in [0.15, 0.2) is 0 Å². The van der Waals surface area contributed by atoms with Gasteiger partial charge in [0.1, 0.15) is 23.7 Å². The molecule has 2 bridgehead atoms. The van der Waals surface area contributed by atoms with Crippen LogP contribution in [-0.2, 0) is 0 Å². The fourth-order valence-corrected chi connectivity index (χ4v) is 4.87. The van der Waals surface area contributed by atoms with E-state index in [1.54, 1.807) is 4.90 Å². The van der Waals surface area contributed by atoms with Crippen LogP contribution in [0.15, 0.2) is 30.6 Å². The summed E-state index contributed by atoms with van der Waals surface area (Å²) in [5.41, 5.74) is 0.0658. The summed E-state index contributed by atoms with van der Waals surface area (Å²) in [6.07, 6.45) is 1.24. The van der Waals surface area contributed by atoms with Gasteiger partial charge in [-0.1, -0.05) is 0 Å². The molecule has 2 aliphatic heterocycles. The summed E-state index contributed by atoms with van der Waals surface area (Å²) < 4.78 is 55.5. The average molecular weight is 419 g/mol. The second-order valence-electron chi connectivity index (χ2n) is 7.73. The largest absolute Gasteiger partial charge is 0.332 e. The standard InChI is InChI=1S/C20H17F4N5O/c21-11-5-10(6-12(22)7-11)19(30)28-13-1-3-14(16(28)4-2-13)17-8-15(18(23)24)27-20-25-9-26-29(17)20/h5-9,13-14,16,18H,1-4H2/t13-,14-,16-/m0/s1. The third-order valence-corrected chi connectivity index (χ3v) is 6.07. The monoisotopic (exact) mass is 419 g/mol. The number of halogens is 4. The number of carbonyl (C=O) groups excluding carboxylic acids is 1. The number of hydrogen-bond donors (Lipinski definition) is 0. The van der Waals surface area contributed by atoms with E-state index in [0.717, 1.165) is 18.6 Å². The Hall–Kier alpha value is -3.04. The highest BCUT2D eigenvalue weighted by atomic mass is 19.3. The zero-order chi connectivity index (χ0) is 21.0. The van der Waals surface area contributed by atoms with Gasteiger partial charge in [0.05, 0.1) is 5.69 Å². The molecule has 6 nitrogen and oxygen atoms in total. The summed E-state index contributed by atoms with van der Waals surface area (Å²) in [6, 6.07) is 3.74. The van der Waals surface area contributed by atoms with Crippen molar-refractivity contribution in [1.82, 2.24) is 24.5 Å². The first kappa shape index (κ1) is 19.0. The molecule has 30 heavy (non-hydrogen) atoms. The Bertz CT molecular complexity index is 1110. The van der Waals surface area contributed by atoms with Gasteiger partial charge in [0.25, 0.3) is 18.1 Å². The summed E-state index contributed by atoms with van der Waals surface area (Å²) >= 11 is 0. The molecule has 2 aromatic heterocycles. The average Bonchev–Trinajstić information content (AvgIpc) is 3.29. The molecule has 5 rings (SSSR count). The molecule has 10 heteroatoms. The number of benzene rings is 1. The van der Waals surface area contributed by atoms with Crippen LogP contribution in [-0.4, -0.2) is 42.5 Å². The van der Waals surface area contributed by atoms with Crippen LogP contribution in [0.25, 0.3) is 5.78 Å². The Balaban J connectivity index is 1.55. The molecule has 0 saturated carbocycles. The number of nitrogens with zero attached hydrogens (tertiary/aromatic N) is 5. The molecule has 2 aliphatic rings. The van der Waals surface area contributed by atoms with Crippen molar-refractivity contribution in [2.24, 2.45) is 0 Å². The molecule has 1 amide bonds. The molecule has 2 fully saturated rings. The fraction of sp³-hybridized carbons (Fsp3) is 0.400. The van der Waals surface area contributed by atoms with Crippen LogP contribution in [0.5, 0.6) is 0 Å². The number of alkyl halides is 2. The van der Waals surface area contributed by atoms with Gasteiger partial charge in [-0.05, 0) is 43.9 Å². The smallest absolute Gasteiger partial charge is 0.280 e. The van der Waals surface area contributed by atoms with Gasteiger partial charge >= 0.3 is 0 Å². The Morgan fingerprint density at radius 2 is 1.77 bits per heavy atom. The van der Waals surface area contributed by atoms with Gasteiger partial charge in [0.2, 0.25) is 0 Å². The van der Waals surface area contributed by atoms with Crippen LogP contribution < -0.4 is 0 Å². The molecule has 3 atom stereocenters. The van der Waals surface area contributed by atoms with Crippen LogP contribution in [0.4, 0.5) is 17.6 Å². The molecule has 0 unspecified atom stereocenters. The van der Waals surface area contributed by atoms with Crippen LogP contribution in [0.3, 0.4) is 0 Å². The Kier molecular flexibility index (Phi) is 4.44. The van der Waals surface area contributed by atoms with Crippen LogP contribution >= 0.6 is 0 Å². The quantitative estimate of drug-likeness (QED) is 0.605. The van der Waals surface area contributed by atoms with E-state index in [9.17, 15) is 22.4 Å². The van der Waals surface area contributed by atoms with Crippen LogP contribution in [0, 0.1) is 11.6 Å². The van der Waals surface area contributed by atoms with Crippen molar-refractivity contribution in [3.63, 3.8) is 0 Å². The van der Waals surface area contributed by atoms with Crippen molar-refractivity contribution in [2.45, 2.75) is 50.1 Å². The molecule has 0 radical (unpaired) electrons. The lowest BCUT2D eigenvalue weighted by atomic mass is 9.86. The van der Waals surface area contributed by atoms with E-state index in [-0.39, 0.29) is 29.3 Å². The number of fused-ring (bicyclic) bond motifs is 3. The van der Waals surface area contributed by atoms with Gasteiger partial charge in [-0.3, -0.25) is 4.79 Å². The highest BCUT2D eigenvalue weighted by molar-refractivity contribution is 5.95.